The fourth-order valence-corrected chi connectivity index (χ4v) is 3.25. The molecule has 2 aromatic rings. The van der Waals surface area contributed by atoms with Crippen molar-refractivity contribution >= 4 is 23.0 Å². The number of ether oxygens (including phenoxy) is 2. The van der Waals surface area contributed by atoms with Crippen LogP contribution in [-0.2, 0) is 9.53 Å². The molecule has 0 N–H and O–H groups in total. The van der Waals surface area contributed by atoms with E-state index in [0.29, 0.717) is 43.1 Å². The van der Waals surface area contributed by atoms with Crippen LogP contribution in [0, 0.1) is 13.8 Å². The normalized spacial score (nSPS) is 15.4. The summed E-state index contributed by atoms with van der Waals surface area (Å²) >= 11 is 0. The molecule has 0 bridgehead atoms. The van der Waals surface area contributed by atoms with Gasteiger partial charge in [-0.2, -0.15) is 0 Å². The third-order valence-electron chi connectivity index (χ3n) is 5.11. The van der Waals surface area contributed by atoms with E-state index >= 15 is 0 Å². The van der Waals surface area contributed by atoms with Crippen molar-refractivity contribution in [3.05, 3.63) is 39.7 Å². The first-order valence-electron chi connectivity index (χ1n) is 9.14. The minimum Gasteiger partial charge on any atom is -0.481 e. The van der Waals surface area contributed by atoms with Crippen LogP contribution in [0.2, 0.25) is 0 Å². The zero-order valence-electron chi connectivity index (χ0n) is 16.5. The Morgan fingerprint density at radius 1 is 1.07 bits per heavy atom. The molecule has 2 amide bonds. The van der Waals surface area contributed by atoms with Crippen molar-refractivity contribution in [3.8, 4) is 5.75 Å². The van der Waals surface area contributed by atoms with Crippen LogP contribution in [0.3, 0.4) is 0 Å². The molecule has 150 valence electrons. The minimum absolute atomic E-state index is 0.161. The standard InChI is InChI=1S/C20H24N2O6/c1-12-13(2)19(24)28-17-11-15(5-6-16(12)17)27-14(3)18(23)21-7-9-22(10-8-21)20(25)26-4/h5-6,11,14H,7-10H2,1-4H3. The zero-order chi connectivity index (χ0) is 20.4. The van der Waals surface area contributed by atoms with Crippen molar-refractivity contribution in [2.24, 2.45) is 0 Å². The van der Waals surface area contributed by atoms with Crippen molar-refractivity contribution < 1.29 is 23.5 Å². The molecule has 3 rings (SSSR count). The second-order valence-electron chi connectivity index (χ2n) is 6.84. The fraction of sp³-hybridized carbons (Fsp3) is 0.450. The van der Waals surface area contributed by atoms with E-state index in [1.807, 2.05) is 13.0 Å². The van der Waals surface area contributed by atoms with Gasteiger partial charge in [0.05, 0.1) is 7.11 Å². The number of hydrogen-bond acceptors (Lipinski definition) is 6. The molecule has 1 aromatic heterocycles. The molecule has 1 aliphatic heterocycles. The van der Waals surface area contributed by atoms with E-state index in [9.17, 15) is 14.4 Å². The number of rotatable bonds is 3. The SMILES string of the molecule is COC(=O)N1CCN(C(=O)C(C)Oc2ccc3c(C)c(C)c(=O)oc3c2)CC1. The second kappa shape index (κ2) is 7.92. The van der Waals surface area contributed by atoms with Crippen LogP contribution in [0.1, 0.15) is 18.1 Å². The minimum atomic E-state index is -0.708. The van der Waals surface area contributed by atoms with Crippen LogP contribution >= 0.6 is 0 Å². The van der Waals surface area contributed by atoms with Crippen molar-refractivity contribution in [1.29, 1.82) is 0 Å². The zero-order valence-corrected chi connectivity index (χ0v) is 16.5. The van der Waals surface area contributed by atoms with E-state index in [0.717, 1.165) is 10.9 Å². The summed E-state index contributed by atoms with van der Waals surface area (Å²) in [6, 6.07) is 5.21. The lowest BCUT2D eigenvalue weighted by Crippen LogP contribution is -2.53. The topological polar surface area (TPSA) is 89.3 Å². The van der Waals surface area contributed by atoms with Crippen LogP contribution in [-0.4, -0.2) is 61.2 Å². The first-order chi connectivity index (χ1) is 13.3. The lowest BCUT2D eigenvalue weighted by Gasteiger charge is -2.35. The Balaban J connectivity index is 1.68. The van der Waals surface area contributed by atoms with Gasteiger partial charge in [-0.1, -0.05) is 0 Å². The summed E-state index contributed by atoms with van der Waals surface area (Å²) in [5.74, 6) is 0.291. The first-order valence-corrected chi connectivity index (χ1v) is 9.14. The Bertz CT molecular complexity index is 959. The van der Waals surface area contributed by atoms with Crippen molar-refractivity contribution in [2.75, 3.05) is 33.3 Å². The molecule has 1 saturated heterocycles. The average molecular weight is 388 g/mol. The Morgan fingerprint density at radius 3 is 2.36 bits per heavy atom. The molecule has 1 atom stereocenters. The molecular weight excluding hydrogens is 364 g/mol. The highest BCUT2D eigenvalue weighted by molar-refractivity contribution is 5.83. The van der Waals surface area contributed by atoms with Gasteiger partial charge in [-0.3, -0.25) is 4.79 Å². The summed E-state index contributed by atoms with van der Waals surface area (Å²) < 4.78 is 15.8. The van der Waals surface area contributed by atoms with Crippen LogP contribution < -0.4 is 10.4 Å². The molecule has 0 saturated carbocycles. The molecule has 1 aromatic carbocycles. The molecule has 28 heavy (non-hydrogen) atoms. The molecule has 1 fully saturated rings. The quantitative estimate of drug-likeness (QED) is 0.748. The summed E-state index contributed by atoms with van der Waals surface area (Å²) in [5.41, 5.74) is 1.49. The van der Waals surface area contributed by atoms with Gasteiger partial charge >= 0.3 is 11.7 Å². The maximum atomic E-state index is 12.7. The molecule has 1 unspecified atom stereocenters. The van der Waals surface area contributed by atoms with Gasteiger partial charge in [-0.05, 0) is 38.5 Å². The summed E-state index contributed by atoms with van der Waals surface area (Å²) in [4.78, 5) is 39.3. The Hall–Kier alpha value is -3.03. The van der Waals surface area contributed by atoms with Gasteiger partial charge in [0.15, 0.2) is 6.10 Å². The highest BCUT2D eigenvalue weighted by atomic mass is 16.5. The number of carbonyl (C=O) groups is 2. The third kappa shape index (κ3) is 3.81. The monoisotopic (exact) mass is 388 g/mol. The van der Waals surface area contributed by atoms with Crippen LogP contribution in [0.5, 0.6) is 5.75 Å². The van der Waals surface area contributed by atoms with Gasteiger partial charge in [0.2, 0.25) is 0 Å². The van der Waals surface area contributed by atoms with Crippen molar-refractivity contribution in [2.45, 2.75) is 26.9 Å². The maximum Gasteiger partial charge on any atom is 0.409 e. The molecular formula is C20H24N2O6. The molecule has 0 spiro atoms. The molecule has 1 aliphatic rings. The number of amides is 2. The largest absolute Gasteiger partial charge is 0.481 e. The number of carbonyl (C=O) groups excluding carboxylic acids is 2. The predicted octanol–water partition coefficient (Wildman–Crippen LogP) is 2.09. The summed E-state index contributed by atoms with van der Waals surface area (Å²) in [7, 11) is 1.34. The highest BCUT2D eigenvalue weighted by Crippen LogP contribution is 2.24. The molecule has 2 heterocycles. The van der Waals surface area contributed by atoms with E-state index in [4.69, 9.17) is 13.9 Å². The molecule has 0 radical (unpaired) electrons. The third-order valence-corrected chi connectivity index (χ3v) is 5.11. The molecule has 8 heteroatoms. The number of methoxy groups -OCH3 is 1. The van der Waals surface area contributed by atoms with Crippen molar-refractivity contribution in [1.82, 2.24) is 9.80 Å². The fourth-order valence-electron chi connectivity index (χ4n) is 3.25. The highest BCUT2D eigenvalue weighted by Gasteiger charge is 2.28. The number of aryl methyl sites for hydroxylation is 1. The number of hydrogen-bond donors (Lipinski definition) is 0. The van der Waals surface area contributed by atoms with E-state index in [1.165, 1.54) is 7.11 Å². The van der Waals surface area contributed by atoms with Crippen LogP contribution in [0.4, 0.5) is 4.79 Å². The smallest absolute Gasteiger partial charge is 0.409 e. The van der Waals surface area contributed by atoms with Crippen molar-refractivity contribution in [3.63, 3.8) is 0 Å². The van der Waals surface area contributed by atoms with Gasteiger partial charge in [0.1, 0.15) is 11.3 Å². The average Bonchev–Trinajstić information content (AvgIpc) is 2.71. The summed E-state index contributed by atoms with van der Waals surface area (Å²) in [6.07, 6.45) is -1.10. The lowest BCUT2D eigenvalue weighted by molar-refractivity contribution is -0.139. The Labute approximate surface area is 162 Å². The number of nitrogens with zero attached hydrogens (tertiary/aromatic N) is 2. The van der Waals surface area contributed by atoms with Gasteiger partial charge in [0.25, 0.3) is 5.91 Å². The van der Waals surface area contributed by atoms with E-state index in [-0.39, 0.29) is 17.6 Å². The van der Waals surface area contributed by atoms with Gasteiger partial charge < -0.3 is 23.7 Å². The second-order valence-corrected chi connectivity index (χ2v) is 6.84. The maximum absolute atomic E-state index is 12.7. The van der Waals surface area contributed by atoms with Gasteiger partial charge in [-0.25, -0.2) is 9.59 Å². The Kier molecular flexibility index (Phi) is 5.58. The summed E-state index contributed by atoms with van der Waals surface area (Å²) in [6.45, 7) is 6.96. The summed E-state index contributed by atoms with van der Waals surface area (Å²) in [5, 5.41) is 0.836. The van der Waals surface area contributed by atoms with Gasteiger partial charge in [-0.15, -0.1) is 0 Å². The Morgan fingerprint density at radius 2 is 1.71 bits per heavy atom. The first kappa shape index (κ1) is 19.7. The number of piperazine rings is 1. The van der Waals surface area contributed by atoms with Crippen LogP contribution in [0.15, 0.2) is 27.4 Å². The van der Waals surface area contributed by atoms with E-state index in [1.54, 1.807) is 35.8 Å². The van der Waals surface area contributed by atoms with Crippen LogP contribution in [0.25, 0.3) is 11.0 Å². The lowest BCUT2D eigenvalue weighted by atomic mass is 10.1. The predicted molar refractivity (Wildman–Crippen MR) is 103 cm³/mol. The van der Waals surface area contributed by atoms with E-state index < -0.39 is 6.10 Å². The molecule has 8 nitrogen and oxygen atoms in total. The van der Waals surface area contributed by atoms with Gasteiger partial charge in [0, 0.05) is 43.2 Å². The van der Waals surface area contributed by atoms with E-state index in [2.05, 4.69) is 0 Å². The molecule has 0 aliphatic carbocycles. The number of benzene rings is 1. The number of fused-ring (bicyclic) bond motifs is 1.